The Morgan fingerprint density at radius 1 is 1.00 bits per heavy atom. The maximum atomic E-state index is 12.6. The lowest BCUT2D eigenvalue weighted by atomic mass is 10.1. The fourth-order valence-electron chi connectivity index (χ4n) is 3.65. The smallest absolute Gasteiger partial charge is 0.319 e. The van der Waals surface area contributed by atoms with E-state index in [9.17, 15) is 4.79 Å². The second-order valence-electron chi connectivity index (χ2n) is 8.24. The minimum Gasteiger partial charge on any atom is -0.331 e. The summed E-state index contributed by atoms with van der Waals surface area (Å²) in [6, 6.07) is 21.5. The maximum absolute atomic E-state index is 12.6. The van der Waals surface area contributed by atoms with Crippen LogP contribution in [0.25, 0.3) is 5.69 Å². The van der Waals surface area contributed by atoms with Crippen LogP contribution in [0.15, 0.2) is 71.9 Å². The van der Waals surface area contributed by atoms with Crippen molar-refractivity contribution in [3.8, 4) is 5.69 Å². The Bertz CT molecular complexity index is 1320. The number of hydrogen-bond donors (Lipinski definition) is 2. The highest BCUT2D eigenvalue weighted by Gasteiger charge is 2.18. The SMILES string of the molecule is CCc1ccc(NC(=O)NCc2nnc(SCc3ccccc3C)n2-c2cc(Cl)ccc2C)cc1. The molecule has 3 aromatic carbocycles. The van der Waals surface area contributed by atoms with Crippen LogP contribution in [0.1, 0.15) is 35.0 Å². The molecule has 0 aliphatic rings. The minimum atomic E-state index is -0.305. The van der Waals surface area contributed by atoms with Gasteiger partial charge >= 0.3 is 6.03 Å². The third-order valence-corrected chi connectivity index (χ3v) is 6.97. The highest BCUT2D eigenvalue weighted by atomic mass is 35.5. The number of aryl methyl sites for hydroxylation is 3. The van der Waals surface area contributed by atoms with Gasteiger partial charge in [-0.3, -0.25) is 4.57 Å². The largest absolute Gasteiger partial charge is 0.331 e. The number of amides is 2. The predicted octanol–water partition coefficient (Wildman–Crippen LogP) is 6.71. The number of carbonyl (C=O) groups excluding carboxylic acids is 1. The van der Waals surface area contributed by atoms with Gasteiger partial charge < -0.3 is 10.6 Å². The lowest BCUT2D eigenvalue weighted by Gasteiger charge is -2.14. The summed E-state index contributed by atoms with van der Waals surface area (Å²) in [6.45, 7) is 6.43. The molecule has 180 valence electrons. The Labute approximate surface area is 215 Å². The number of rotatable bonds is 8. The van der Waals surface area contributed by atoms with Crippen LogP contribution < -0.4 is 10.6 Å². The first kappa shape index (κ1) is 24.8. The molecule has 0 spiro atoms. The van der Waals surface area contributed by atoms with Crippen molar-refractivity contribution in [2.75, 3.05) is 5.32 Å². The van der Waals surface area contributed by atoms with Crippen LogP contribution in [-0.2, 0) is 18.7 Å². The molecule has 0 aliphatic heterocycles. The number of aromatic nitrogens is 3. The van der Waals surface area contributed by atoms with E-state index in [4.69, 9.17) is 11.6 Å². The lowest BCUT2D eigenvalue weighted by molar-refractivity contribution is 0.251. The van der Waals surface area contributed by atoms with E-state index in [-0.39, 0.29) is 12.6 Å². The molecule has 1 heterocycles. The Hall–Kier alpha value is -3.29. The molecule has 0 saturated heterocycles. The van der Waals surface area contributed by atoms with Gasteiger partial charge in [-0.2, -0.15) is 0 Å². The third-order valence-electron chi connectivity index (χ3n) is 5.76. The van der Waals surface area contributed by atoms with Crippen molar-refractivity contribution >= 4 is 35.1 Å². The summed E-state index contributed by atoms with van der Waals surface area (Å²) >= 11 is 7.93. The molecule has 2 amide bonds. The molecule has 6 nitrogen and oxygen atoms in total. The van der Waals surface area contributed by atoms with E-state index in [1.807, 2.05) is 66.1 Å². The zero-order valence-corrected chi connectivity index (χ0v) is 21.6. The van der Waals surface area contributed by atoms with Crippen molar-refractivity contribution in [3.63, 3.8) is 0 Å². The van der Waals surface area contributed by atoms with Gasteiger partial charge in [0.15, 0.2) is 11.0 Å². The van der Waals surface area contributed by atoms with Crippen molar-refractivity contribution in [1.82, 2.24) is 20.1 Å². The molecule has 0 radical (unpaired) electrons. The number of anilines is 1. The Balaban J connectivity index is 1.54. The molecular formula is C27H28ClN5OS. The molecule has 1 aromatic heterocycles. The van der Waals surface area contributed by atoms with Gasteiger partial charge in [-0.05, 0) is 66.8 Å². The van der Waals surface area contributed by atoms with Crippen molar-refractivity contribution < 1.29 is 4.79 Å². The van der Waals surface area contributed by atoms with Crippen molar-refractivity contribution in [1.29, 1.82) is 0 Å². The van der Waals surface area contributed by atoms with E-state index in [1.165, 1.54) is 16.7 Å². The topological polar surface area (TPSA) is 71.8 Å². The average molecular weight is 506 g/mol. The van der Waals surface area contributed by atoms with Gasteiger partial charge in [0.05, 0.1) is 12.2 Å². The van der Waals surface area contributed by atoms with E-state index < -0.39 is 0 Å². The molecule has 4 aromatic rings. The first-order chi connectivity index (χ1) is 16.9. The first-order valence-electron chi connectivity index (χ1n) is 11.5. The van der Waals surface area contributed by atoms with Crippen LogP contribution in [0, 0.1) is 13.8 Å². The van der Waals surface area contributed by atoms with Gasteiger partial charge in [0, 0.05) is 16.5 Å². The van der Waals surface area contributed by atoms with Crippen LogP contribution in [0.4, 0.5) is 10.5 Å². The fourth-order valence-corrected chi connectivity index (χ4v) is 4.85. The molecule has 0 atom stereocenters. The zero-order valence-electron chi connectivity index (χ0n) is 20.0. The van der Waals surface area contributed by atoms with E-state index in [0.717, 1.165) is 34.3 Å². The molecule has 2 N–H and O–H groups in total. The van der Waals surface area contributed by atoms with Crippen LogP contribution in [0.3, 0.4) is 0 Å². The number of nitrogens with one attached hydrogen (secondary N) is 2. The first-order valence-corrected chi connectivity index (χ1v) is 12.8. The molecule has 0 saturated carbocycles. The fraction of sp³-hybridized carbons (Fsp3) is 0.222. The quantitative estimate of drug-likeness (QED) is 0.261. The number of halogens is 1. The maximum Gasteiger partial charge on any atom is 0.319 e. The number of benzene rings is 3. The number of nitrogens with zero attached hydrogens (tertiary/aromatic N) is 3. The molecule has 8 heteroatoms. The van der Waals surface area contributed by atoms with Gasteiger partial charge in [-0.1, -0.05) is 72.8 Å². The monoisotopic (exact) mass is 505 g/mol. The van der Waals surface area contributed by atoms with Gasteiger partial charge in [-0.25, -0.2) is 4.79 Å². The highest BCUT2D eigenvalue weighted by Crippen LogP contribution is 2.29. The van der Waals surface area contributed by atoms with E-state index >= 15 is 0 Å². The summed E-state index contributed by atoms with van der Waals surface area (Å²) in [7, 11) is 0. The number of urea groups is 1. The summed E-state index contributed by atoms with van der Waals surface area (Å²) in [5.41, 5.74) is 6.35. The minimum absolute atomic E-state index is 0.211. The van der Waals surface area contributed by atoms with Gasteiger partial charge in [0.2, 0.25) is 0 Å². The molecule has 0 unspecified atom stereocenters. The second-order valence-corrected chi connectivity index (χ2v) is 9.62. The van der Waals surface area contributed by atoms with Gasteiger partial charge in [0.1, 0.15) is 0 Å². The predicted molar refractivity (Wildman–Crippen MR) is 144 cm³/mol. The number of carbonyl (C=O) groups is 1. The Morgan fingerprint density at radius 2 is 1.77 bits per heavy atom. The van der Waals surface area contributed by atoms with Crippen LogP contribution in [0.5, 0.6) is 0 Å². The normalized spacial score (nSPS) is 10.9. The van der Waals surface area contributed by atoms with E-state index in [1.54, 1.807) is 11.8 Å². The van der Waals surface area contributed by atoms with Gasteiger partial charge in [-0.15, -0.1) is 10.2 Å². The molecule has 4 rings (SSSR count). The Kier molecular flexibility index (Phi) is 8.10. The third kappa shape index (κ3) is 6.24. The van der Waals surface area contributed by atoms with E-state index in [2.05, 4.69) is 46.8 Å². The Morgan fingerprint density at radius 3 is 2.51 bits per heavy atom. The number of thioether (sulfide) groups is 1. The molecule has 0 bridgehead atoms. The molecule has 0 fully saturated rings. The average Bonchev–Trinajstić information content (AvgIpc) is 3.26. The second kappa shape index (κ2) is 11.4. The summed E-state index contributed by atoms with van der Waals surface area (Å²) in [5, 5.41) is 16.0. The van der Waals surface area contributed by atoms with E-state index in [0.29, 0.717) is 10.8 Å². The standard InChI is InChI=1S/C27H28ClN5OS/c1-4-20-10-13-23(14-11-20)30-26(34)29-16-25-31-32-27(35-17-21-8-6-5-7-18(21)2)33(25)24-15-22(28)12-9-19(24)3/h5-15H,4,16-17H2,1-3H3,(H2,29,30,34). The summed E-state index contributed by atoms with van der Waals surface area (Å²) < 4.78 is 1.97. The summed E-state index contributed by atoms with van der Waals surface area (Å²) in [5.74, 6) is 1.38. The van der Waals surface area contributed by atoms with Crippen molar-refractivity contribution in [3.05, 3.63) is 99.8 Å². The molecule has 35 heavy (non-hydrogen) atoms. The highest BCUT2D eigenvalue weighted by molar-refractivity contribution is 7.98. The van der Waals surface area contributed by atoms with Crippen molar-refractivity contribution in [2.45, 2.75) is 44.6 Å². The van der Waals surface area contributed by atoms with Gasteiger partial charge in [0.25, 0.3) is 0 Å². The summed E-state index contributed by atoms with van der Waals surface area (Å²) in [6.07, 6.45) is 0.954. The van der Waals surface area contributed by atoms with Crippen LogP contribution >= 0.6 is 23.4 Å². The van der Waals surface area contributed by atoms with Crippen LogP contribution in [-0.4, -0.2) is 20.8 Å². The van der Waals surface area contributed by atoms with Crippen LogP contribution in [0.2, 0.25) is 5.02 Å². The molecular weight excluding hydrogens is 478 g/mol. The number of hydrogen-bond acceptors (Lipinski definition) is 4. The van der Waals surface area contributed by atoms with Crippen molar-refractivity contribution in [2.24, 2.45) is 0 Å². The zero-order chi connectivity index (χ0) is 24.8. The summed E-state index contributed by atoms with van der Waals surface area (Å²) in [4.78, 5) is 12.6. The lowest BCUT2D eigenvalue weighted by Crippen LogP contribution is -2.29. The molecule has 0 aliphatic carbocycles.